The second-order valence-electron chi connectivity index (χ2n) is 5.71. The lowest BCUT2D eigenvalue weighted by Crippen LogP contribution is -2.42. The fraction of sp³-hybridized carbons (Fsp3) is 0.600. The summed E-state index contributed by atoms with van der Waals surface area (Å²) in [6, 6.07) is 4.30. The Labute approximate surface area is 113 Å². The number of aliphatic hydroxyl groups is 1. The van der Waals surface area contributed by atoms with Crippen molar-refractivity contribution in [1.29, 1.82) is 5.26 Å². The van der Waals surface area contributed by atoms with Crippen molar-refractivity contribution in [1.82, 2.24) is 4.98 Å². The van der Waals surface area contributed by atoms with Crippen LogP contribution in [0.1, 0.15) is 36.6 Å². The molecule has 0 saturated carbocycles. The van der Waals surface area contributed by atoms with Crippen molar-refractivity contribution in [2.45, 2.75) is 38.7 Å². The monoisotopic (exact) mass is 257 g/mol. The minimum atomic E-state index is -0.226. The molecular formula is C15H19N3O. The minimum Gasteiger partial charge on any atom is -0.393 e. The molecule has 0 bridgehead atoms. The summed E-state index contributed by atoms with van der Waals surface area (Å²) in [5.41, 5.74) is 3.09. The Morgan fingerprint density at radius 1 is 1.47 bits per heavy atom. The molecule has 1 aliphatic carbocycles. The van der Waals surface area contributed by atoms with Gasteiger partial charge in [0.2, 0.25) is 0 Å². The van der Waals surface area contributed by atoms with Crippen LogP contribution in [0.3, 0.4) is 0 Å². The van der Waals surface area contributed by atoms with E-state index >= 15 is 0 Å². The topological polar surface area (TPSA) is 60.2 Å². The quantitative estimate of drug-likeness (QED) is 0.831. The zero-order valence-electron chi connectivity index (χ0n) is 11.3. The van der Waals surface area contributed by atoms with Crippen LogP contribution in [0.5, 0.6) is 0 Å². The van der Waals surface area contributed by atoms with Crippen molar-refractivity contribution in [2.75, 3.05) is 18.0 Å². The molecule has 0 spiro atoms. The van der Waals surface area contributed by atoms with Gasteiger partial charge in [-0.05, 0) is 43.2 Å². The summed E-state index contributed by atoms with van der Waals surface area (Å²) >= 11 is 0. The highest BCUT2D eigenvalue weighted by atomic mass is 16.3. The molecule has 3 rings (SSSR count). The minimum absolute atomic E-state index is 0.226. The number of aliphatic hydroxyl groups excluding tert-OH is 1. The first-order chi connectivity index (χ1) is 9.19. The third-order valence-corrected chi connectivity index (χ3v) is 4.31. The molecule has 0 amide bonds. The van der Waals surface area contributed by atoms with Crippen LogP contribution in [-0.4, -0.2) is 29.3 Å². The first-order valence-electron chi connectivity index (χ1n) is 7.05. The highest BCUT2D eigenvalue weighted by Gasteiger charge is 2.27. The van der Waals surface area contributed by atoms with Gasteiger partial charge in [0.25, 0.3) is 0 Å². The van der Waals surface area contributed by atoms with Crippen LogP contribution in [0, 0.1) is 17.2 Å². The summed E-state index contributed by atoms with van der Waals surface area (Å²) in [4.78, 5) is 6.89. The maximum Gasteiger partial charge on any atom is 0.146 e. The molecule has 1 saturated heterocycles. The second kappa shape index (κ2) is 4.82. The maximum absolute atomic E-state index is 9.81. The van der Waals surface area contributed by atoms with Gasteiger partial charge in [0.1, 0.15) is 11.9 Å². The van der Waals surface area contributed by atoms with Crippen LogP contribution in [0.4, 0.5) is 5.82 Å². The van der Waals surface area contributed by atoms with Gasteiger partial charge in [-0.2, -0.15) is 5.26 Å². The Morgan fingerprint density at radius 3 is 3.05 bits per heavy atom. The van der Waals surface area contributed by atoms with Gasteiger partial charge in [-0.3, -0.25) is 0 Å². The van der Waals surface area contributed by atoms with E-state index < -0.39 is 0 Å². The zero-order chi connectivity index (χ0) is 13.4. The van der Waals surface area contributed by atoms with Gasteiger partial charge in [0.05, 0.1) is 11.7 Å². The summed E-state index contributed by atoms with van der Waals surface area (Å²) in [5.74, 6) is 1.05. The molecule has 1 N–H and O–H groups in total. The lowest BCUT2D eigenvalue weighted by molar-refractivity contribution is 0.0968. The number of nitriles is 1. The van der Waals surface area contributed by atoms with Crippen LogP contribution in [0.25, 0.3) is 0 Å². The Balaban J connectivity index is 1.94. The largest absolute Gasteiger partial charge is 0.393 e. The van der Waals surface area contributed by atoms with Crippen LogP contribution < -0.4 is 4.90 Å². The predicted octanol–water partition coefficient (Wildman–Crippen LogP) is 1.65. The molecule has 19 heavy (non-hydrogen) atoms. The van der Waals surface area contributed by atoms with E-state index in [0.717, 1.165) is 50.3 Å². The Hall–Kier alpha value is -1.60. The zero-order valence-corrected chi connectivity index (χ0v) is 11.3. The standard InChI is InChI=1S/C15H19N3O/c1-10-9-18(6-5-14(10)19)15-12(8-16)7-11-3-2-4-13(11)17-15/h7,10,14,19H,2-6,9H2,1H3. The van der Waals surface area contributed by atoms with Crippen molar-refractivity contribution in [3.63, 3.8) is 0 Å². The smallest absolute Gasteiger partial charge is 0.146 e. The number of pyridine rings is 1. The van der Waals surface area contributed by atoms with Crippen molar-refractivity contribution < 1.29 is 5.11 Å². The normalized spacial score (nSPS) is 26.1. The summed E-state index contributed by atoms with van der Waals surface area (Å²) in [6.45, 7) is 3.61. The van der Waals surface area contributed by atoms with Crippen molar-refractivity contribution in [3.05, 3.63) is 22.9 Å². The number of anilines is 1. The summed E-state index contributed by atoms with van der Waals surface area (Å²) < 4.78 is 0. The van der Waals surface area contributed by atoms with Crippen molar-refractivity contribution >= 4 is 5.82 Å². The molecule has 0 radical (unpaired) electrons. The third-order valence-electron chi connectivity index (χ3n) is 4.31. The lowest BCUT2D eigenvalue weighted by atomic mass is 9.96. The summed E-state index contributed by atoms with van der Waals surface area (Å²) in [7, 11) is 0. The molecule has 100 valence electrons. The van der Waals surface area contributed by atoms with Crippen LogP contribution in [-0.2, 0) is 12.8 Å². The van der Waals surface area contributed by atoms with Gasteiger partial charge in [0, 0.05) is 18.8 Å². The van der Waals surface area contributed by atoms with Crippen molar-refractivity contribution in [2.24, 2.45) is 5.92 Å². The molecule has 1 fully saturated rings. The Kier molecular flexibility index (Phi) is 3.16. The average Bonchev–Trinajstić information content (AvgIpc) is 2.87. The molecular weight excluding hydrogens is 238 g/mol. The van der Waals surface area contributed by atoms with E-state index in [-0.39, 0.29) is 12.0 Å². The average molecular weight is 257 g/mol. The van der Waals surface area contributed by atoms with Gasteiger partial charge >= 0.3 is 0 Å². The van der Waals surface area contributed by atoms with Crippen molar-refractivity contribution in [3.8, 4) is 6.07 Å². The Bertz CT molecular complexity index is 535. The van der Waals surface area contributed by atoms with E-state index in [9.17, 15) is 10.4 Å². The molecule has 4 heteroatoms. The molecule has 2 heterocycles. The van der Waals surface area contributed by atoms with E-state index in [1.165, 1.54) is 5.56 Å². The lowest BCUT2D eigenvalue weighted by Gasteiger charge is -2.35. The first kappa shape index (κ1) is 12.4. The number of aryl methyl sites for hydroxylation is 2. The molecule has 4 nitrogen and oxygen atoms in total. The highest BCUT2D eigenvalue weighted by Crippen LogP contribution is 2.29. The molecule has 2 unspecified atom stereocenters. The number of hydrogen-bond acceptors (Lipinski definition) is 4. The van der Waals surface area contributed by atoms with Crippen LogP contribution in [0.15, 0.2) is 6.07 Å². The van der Waals surface area contributed by atoms with E-state index in [1.54, 1.807) is 0 Å². The van der Waals surface area contributed by atoms with Gasteiger partial charge in [-0.15, -0.1) is 0 Å². The Morgan fingerprint density at radius 2 is 2.32 bits per heavy atom. The fourth-order valence-electron chi connectivity index (χ4n) is 3.11. The molecule has 1 aliphatic heterocycles. The van der Waals surface area contributed by atoms with Gasteiger partial charge < -0.3 is 10.0 Å². The number of aromatic nitrogens is 1. The number of fused-ring (bicyclic) bond motifs is 1. The first-order valence-corrected chi connectivity index (χ1v) is 7.05. The van der Waals surface area contributed by atoms with E-state index in [2.05, 4.69) is 17.9 Å². The SMILES string of the molecule is CC1CN(c2nc3c(cc2C#N)CCC3)CCC1O. The number of piperidine rings is 1. The van der Waals surface area contributed by atoms with Crippen LogP contribution >= 0.6 is 0 Å². The molecule has 2 atom stereocenters. The maximum atomic E-state index is 9.81. The number of rotatable bonds is 1. The molecule has 1 aromatic heterocycles. The third kappa shape index (κ3) is 2.19. The van der Waals surface area contributed by atoms with E-state index in [1.807, 2.05) is 6.07 Å². The molecule has 2 aliphatic rings. The summed E-state index contributed by atoms with van der Waals surface area (Å²) in [6.07, 6.45) is 3.75. The fourth-order valence-corrected chi connectivity index (χ4v) is 3.11. The summed E-state index contributed by atoms with van der Waals surface area (Å²) in [5, 5.41) is 19.1. The van der Waals surface area contributed by atoms with E-state index in [0.29, 0.717) is 5.56 Å². The van der Waals surface area contributed by atoms with Crippen LogP contribution in [0.2, 0.25) is 0 Å². The molecule has 0 aromatic carbocycles. The second-order valence-corrected chi connectivity index (χ2v) is 5.71. The van der Waals surface area contributed by atoms with Gasteiger partial charge in [0.15, 0.2) is 0 Å². The highest BCUT2D eigenvalue weighted by molar-refractivity contribution is 5.57. The predicted molar refractivity (Wildman–Crippen MR) is 73.0 cm³/mol. The van der Waals surface area contributed by atoms with Gasteiger partial charge in [-0.1, -0.05) is 6.92 Å². The van der Waals surface area contributed by atoms with Gasteiger partial charge in [-0.25, -0.2) is 4.98 Å². The number of nitrogens with zero attached hydrogens (tertiary/aromatic N) is 3. The molecule has 1 aromatic rings. The van der Waals surface area contributed by atoms with E-state index in [4.69, 9.17) is 4.98 Å². The number of hydrogen-bond donors (Lipinski definition) is 1.